The van der Waals surface area contributed by atoms with Crippen molar-refractivity contribution in [2.24, 2.45) is 5.92 Å². The summed E-state index contributed by atoms with van der Waals surface area (Å²) in [5.41, 5.74) is 0.579. The lowest BCUT2D eigenvalue weighted by Crippen LogP contribution is -2.58. The molecule has 4 rings (SSSR count). The summed E-state index contributed by atoms with van der Waals surface area (Å²) in [4.78, 5) is 58.6. The molecule has 1 saturated carbocycles. The minimum absolute atomic E-state index is 0.0341. The zero-order chi connectivity index (χ0) is 33.8. The summed E-state index contributed by atoms with van der Waals surface area (Å²) in [6.45, 7) is 9.70. The quantitative estimate of drug-likeness (QED) is 0.281. The normalized spacial score (nSPS) is 20.4. The first-order valence-electron chi connectivity index (χ1n) is 17.2. The number of ether oxygens (including phenoxy) is 2. The number of likely N-dealkylation sites (tertiary alicyclic amines) is 1. The topological polar surface area (TPSA) is 108 Å². The number of rotatable bonds is 13. The molecule has 10 nitrogen and oxygen atoms in total. The van der Waals surface area contributed by atoms with Crippen LogP contribution in [0.1, 0.15) is 78.2 Å². The van der Waals surface area contributed by atoms with Crippen LogP contribution in [-0.4, -0.2) is 112 Å². The second kappa shape index (κ2) is 18.4. The number of hydrogen-bond acceptors (Lipinski definition) is 9. The molecule has 2 atom stereocenters. The average molecular weight is 691 g/mol. The van der Waals surface area contributed by atoms with E-state index in [1.54, 1.807) is 32.5 Å². The Morgan fingerprint density at radius 3 is 2.40 bits per heavy atom. The van der Waals surface area contributed by atoms with E-state index in [1.165, 1.54) is 61.3 Å². The second-order valence-corrected chi connectivity index (χ2v) is 16.0. The molecule has 2 heterocycles. The molecule has 0 spiro atoms. The van der Waals surface area contributed by atoms with E-state index < -0.39 is 23.8 Å². The first kappa shape index (κ1) is 37.4. The highest BCUT2D eigenvalue weighted by Crippen LogP contribution is 2.28. The van der Waals surface area contributed by atoms with Crippen LogP contribution in [0.3, 0.4) is 0 Å². The summed E-state index contributed by atoms with van der Waals surface area (Å²) in [5.74, 6) is 1.95. The molecular formula is C35H54N4O6S2. The highest BCUT2D eigenvalue weighted by Gasteiger charge is 2.40. The minimum Gasteiger partial charge on any atom is -0.464 e. The number of nitrogens with one attached hydrogen (secondary N) is 1. The van der Waals surface area contributed by atoms with Crippen molar-refractivity contribution in [2.45, 2.75) is 103 Å². The van der Waals surface area contributed by atoms with Gasteiger partial charge in [0.1, 0.15) is 24.3 Å². The van der Waals surface area contributed by atoms with Crippen molar-refractivity contribution in [2.75, 3.05) is 49.4 Å². The molecule has 0 aromatic heterocycles. The number of carbonyl (C=O) groups excluding carboxylic acids is 4. The van der Waals surface area contributed by atoms with Gasteiger partial charge in [-0.2, -0.15) is 11.8 Å². The Kier molecular flexibility index (Phi) is 14.6. The van der Waals surface area contributed by atoms with E-state index in [0.717, 1.165) is 38.2 Å². The monoisotopic (exact) mass is 690 g/mol. The van der Waals surface area contributed by atoms with Gasteiger partial charge in [0, 0.05) is 44.1 Å². The first-order chi connectivity index (χ1) is 22.5. The molecule has 262 valence electrons. The van der Waals surface area contributed by atoms with Gasteiger partial charge in [-0.1, -0.05) is 49.6 Å². The van der Waals surface area contributed by atoms with Crippen LogP contribution in [-0.2, 0) is 30.4 Å². The lowest BCUT2D eigenvalue weighted by molar-refractivity contribution is -0.146. The van der Waals surface area contributed by atoms with Crippen molar-refractivity contribution >= 4 is 47.4 Å². The van der Waals surface area contributed by atoms with Crippen molar-refractivity contribution in [3.63, 3.8) is 0 Å². The summed E-state index contributed by atoms with van der Waals surface area (Å²) in [6.07, 6.45) is 7.25. The van der Waals surface area contributed by atoms with Crippen LogP contribution in [0.5, 0.6) is 0 Å². The average Bonchev–Trinajstić information content (AvgIpc) is 3.54. The zero-order valence-electron chi connectivity index (χ0n) is 28.6. The van der Waals surface area contributed by atoms with E-state index in [9.17, 15) is 19.2 Å². The predicted molar refractivity (Wildman–Crippen MR) is 188 cm³/mol. The van der Waals surface area contributed by atoms with Crippen LogP contribution < -0.4 is 5.32 Å². The molecule has 0 bridgehead atoms. The number of thioether (sulfide) groups is 2. The Labute approximate surface area is 289 Å². The van der Waals surface area contributed by atoms with Crippen LogP contribution in [0.2, 0.25) is 0 Å². The minimum atomic E-state index is -0.762. The maximum atomic E-state index is 14.5. The molecular weight excluding hydrogens is 637 g/mol. The lowest BCUT2D eigenvalue weighted by atomic mass is 9.91. The van der Waals surface area contributed by atoms with Crippen LogP contribution in [0.15, 0.2) is 30.3 Å². The summed E-state index contributed by atoms with van der Waals surface area (Å²) < 4.78 is 10.9. The van der Waals surface area contributed by atoms with Crippen LogP contribution in [0.4, 0.5) is 4.79 Å². The number of benzene rings is 1. The molecule has 3 fully saturated rings. The van der Waals surface area contributed by atoms with Gasteiger partial charge in [0.05, 0.1) is 12.4 Å². The Hall–Kier alpha value is -2.44. The molecule has 3 amide bonds. The summed E-state index contributed by atoms with van der Waals surface area (Å²) >= 11 is 3.22. The molecule has 3 aliphatic rings. The fourth-order valence-electron chi connectivity index (χ4n) is 6.50. The van der Waals surface area contributed by atoms with E-state index >= 15 is 0 Å². The van der Waals surface area contributed by atoms with E-state index in [-0.39, 0.29) is 37.0 Å². The number of amides is 3. The Bertz CT molecular complexity index is 1170. The van der Waals surface area contributed by atoms with Crippen molar-refractivity contribution in [3.05, 3.63) is 35.9 Å². The molecule has 1 aromatic carbocycles. The predicted octanol–water partition coefficient (Wildman–Crippen LogP) is 5.15. The molecule has 12 heteroatoms. The maximum absolute atomic E-state index is 14.5. The van der Waals surface area contributed by atoms with E-state index in [2.05, 4.69) is 34.5 Å². The van der Waals surface area contributed by atoms with Gasteiger partial charge in [-0.25, -0.2) is 4.79 Å². The van der Waals surface area contributed by atoms with Gasteiger partial charge in [-0.05, 0) is 63.7 Å². The second-order valence-electron chi connectivity index (χ2n) is 13.9. The fraction of sp³-hybridized carbons (Fsp3) is 0.714. The molecule has 1 aliphatic carbocycles. The number of carbonyl (C=O) groups is 4. The number of nitrogens with zero attached hydrogens (tertiary/aromatic N) is 3. The molecule has 1 unspecified atom stereocenters. The van der Waals surface area contributed by atoms with Crippen molar-refractivity contribution in [3.8, 4) is 0 Å². The van der Waals surface area contributed by atoms with Gasteiger partial charge in [-0.3, -0.25) is 24.2 Å². The summed E-state index contributed by atoms with van der Waals surface area (Å²) in [6, 6.07) is 8.87. The lowest BCUT2D eigenvalue weighted by Gasteiger charge is -2.40. The zero-order valence-corrected chi connectivity index (χ0v) is 30.3. The van der Waals surface area contributed by atoms with Crippen LogP contribution in [0.25, 0.3) is 0 Å². The molecule has 2 saturated heterocycles. The SMILES string of the molecule is CC(=O)OCCN(C(=O)C(CSCC1CCCCC1)NC(=O)[C@@H]1CSCN1C(=O)OC(C)(C)C)C1CCN(Cc2ccccc2)CC1. The third-order valence-corrected chi connectivity index (χ3v) is 11.2. The van der Waals surface area contributed by atoms with Gasteiger partial charge in [0.25, 0.3) is 0 Å². The number of piperidine rings is 1. The number of hydrogen-bond donors (Lipinski definition) is 1. The summed E-state index contributed by atoms with van der Waals surface area (Å²) in [7, 11) is 0. The largest absolute Gasteiger partial charge is 0.464 e. The highest BCUT2D eigenvalue weighted by atomic mass is 32.2. The van der Waals surface area contributed by atoms with Crippen LogP contribution in [0, 0.1) is 5.92 Å². The molecule has 47 heavy (non-hydrogen) atoms. The smallest absolute Gasteiger partial charge is 0.411 e. The first-order valence-corrected chi connectivity index (χ1v) is 19.5. The molecule has 1 aromatic rings. The van der Waals surface area contributed by atoms with Crippen molar-refractivity contribution < 1.29 is 28.7 Å². The fourth-order valence-corrected chi connectivity index (χ4v) is 8.91. The standard InChI is InChI=1S/C35H54N4O6S2/c1-26(40)44-20-19-38(29-15-17-37(18-16-29)21-27-11-7-5-8-12-27)33(42)30(23-46-22-28-13-9-6-10-14-28)36-32(41)31-24-47-25-39(31)34(43)45-35(2,3)4/h5,7-8,11-12,28-31H,6,9-10,13-25H2,1-4H3,(H,36,41)/t30?,31-/m0/s1. The maximum Gasteiger partial charge on any atom is 0.411 e. The number of esters is 1. The van der Waals surface area contributed by atoms with Gasteiger partial charge in [0.15, 0.2) is 0 Å². The summed E-state index contributed by atoms with van der Waals surface area (Å²) in [5, 5.41) is 3.07. The third kappa shape index (κ3) is 12.2. The molecule has 1 N–H and O–H groups in total. The van der Waals surface area contributed by atoms with Crippen molar-refractivity contribution in [1.29, 1.82) is 0 Å². The Morgan fingerprint density at radius 1 is 1.04 bits per heavy atom. The van der Waals surface area contributed by atoms with Gasteiger partial charge < -0.3 is 19.7 Å². The van der Waals surface area contributed by atoms with Crippen molar-refractivity contribution in [1.82, 2.24) is 20.0 Å². The van der Waals surface area contributed by atoms with Gasteiger partial charge in [0.2, 0.25) is 11.8 Å². The molecule has 0 radical (unpaired) electrons. The highest BCUT2D eigenvalue weighted by molar-refractivity contribution is 7.99. The van der Waals surface area contributed by atoms with Gasteiger partial charge in [-0.15, -0.1) is 11.8 Å². The van der Waals surface area contributed by atoms with E-state index in [4.69, 9.17) is 9.47 Å². The van der Waals surface area contributed by atoms with Gasteiger partial charge >= 0.3 is 12.1 Å². The molecule has 2 aliphatic heterocycles. The van der Waals surface area contributed by atoms with E-state index in [1.807, 2.05) is 11.0 Å². The third-order valence-electron chi connectivity index (χ3n) is 8.96. The Balaban J connectivity index is 1.47. The van der Waals surface area contributed by atoms with Crippen LogP contribution >= 0.6 is 23.5 Å². The van der Waals surface area contributed by atoms with E-state index in [0.29, 0.717) is 23.3 Å². The Morgan fingerprint density at radius 2 is 1.74 bits per heavy atom.